The Hall–Kier alpha value is -1.62. The van der Waals surface area contributed by atoms with Crippen LogP contribution in [0.15, 0.2) is 12.1 Å². The summed E-state index contributed by atoms with van der Waals surface area (Å²) in [6.45, 7) is 0.0173. The molecular formula is C9H9FN2O2. The largest absolute Gasteiger partial charge is 0.481 e. The molecule has 0 fully saturated rings. The summed E-state index contributed by atoms with van der Waals surface area (Å²) in [5.74, 6) is -0.311. The molecule has 1 aromatic carbocycles. The van der Waals surface area contributed by atoms with Crippen molar-refractivity contribution in [1.29, 1.82) is 0 Å². The number of benzene rings is 1. The summed E-state index contributed by atoms with van der Waals surface area (Å²) in [7, 11) is 0. The van der Waals surface area contributed by atoms with Crippen LogP contribution in [0.25, 0.3) is 0 Å². The van der Waals surface area contributed by atoms with E-state index in [0.717, 1.165) is 0 Å². The molecule has 1 amide bonds. The van der Waals surface area contributed by atoms with Gasteiger partial charge in [-0.3, -0.25) is 4.79 Å². The van der Waals surface area contributed by atoms with Gasteiger partial charge in [0.25, 0.3) is 5.91 Å². The lowest BCUT2D eigenvalue weighted by Gasteiger charge is -2.18. The van der Waals surface area contributed by atoms with Crippen LogP contribution < -0.4 is 15.8 Å². The Morgan fingerprint density at radius 3 is 3.07 bits per heavy atom. The highest BCUT2D eigenvalue weighted by Gasteiger charge is 2.17. The molecule has 0 bridgehead atoms. The molecular weight excluding hydrogens is 187 g/mol. The Morgan fingerprint density at radius 1 is 1.57 bits per heavy atom. The highest BCUT2D eigenvalue weighted by molar-refractivity contribution is 5.95. The van der Waals surface area contributed by atoms with Crippen LogP contribution in [0.2, 0.25) is 0 Å². The molecule has 1 aliphatic rings. The first-order valence-corrected chi connectivity index (χ1v) is 4.16. The predicted molar refractivity (Wildman–Crippen MR) is 48.4 cm³/mol. The van der Waals surface area contributed by atoms with E-state index in [9.17, 15) is 9.18 Å². The first-order valence-electron chi connectivity index (χ1n) is 4.16. The van der Waals surface area contributed by atoms with E-state index in [-0.39, 0.29) is 19.1 Å². The Balaban J connectivity index is 2.46. The van der Waals surface area contributed by atoms with Crippen LogP contribution in [0, 0.1) is 5.82 Å². The highest BCUT2D eigenvalue weighted by Crippen LogP contribution is 2.30. The van der Waals surface area contributed by atoms with E-state index >= 15 is 0 Å². The minimum absolute atomic E-state index is 0.0750. The molecule has 2 rings (SSSR count). The van der Waals surface area contributed by atoms with Gasteiger partial charge >= 0.3 is 0 Å². The van der Waals surface area contributed by atoms with Crippen LogP contribution in [0.5, 0.6) is 5.75 Å². The second kappa shape index (κ2) is 3.26. The fourth-order valence-electron chi connectivity index (χ4n) is 1.30. The lowest BCUT2D eigenvalue weighted by molar-refractivity contribution is -0.118. The van der Waals surface area contributed by atoms with E-state index in [1.165, 1.54) is 12.1 Å². The Morgan fingerprint density at radius 2 is 2.36 bits per heavy atom. The van der Waals surface area contributed by atoms with Crippen molar-refractivity contribution in [2.75, 3.05) is 11.9 Å². The normalized spacial score (nSPS) is 14.3. The van der Waals surface area contributed by atoms with Crippen molar-refractivity contribution in [3.05, 3.63) is 23.5 Å². The second-order valence-electron chi connectivity index (χ2n) is 2.98. The SMILES string of the molecule is NCc1cc2c(cc1F)OCC(=O)N2. The number of amides is 1. The standard InChI is InChI=1S/C9H9FN2O2/c10-6-2-8-7(1-5(6)3-11)12-9(13)4-14-8/h1-2H,3-4,11H2,(H,12,13). The smallest absolute Gasteiger partial charge is 0.262 e. The third kappa shape index (κ3) is 1.42. The molecule has 0 atom stereocenters. The number of nitrogens with one attached hydrogen (secondary N) is 1. The monoisotopic (exact) mass is 196 g/mol. The third-order valence-corrected chi connectivity index (χ3v) is 2.00. The van der Waals surface area contributed by atoms with Gasteiger partial charge in [-0.2, -0.15) is 0 Å². The van der Waals surface area contributed by atoms with E-state index < -0.39 is 5.82 Å². The van der Waals surface area contributed by atoms with Crippen LogP contribution in [-0.2, 0) is 11.3 Å². The number of nitrogens with two attached hydrogens (primary N) is 1. The average Bonchev–Trinajstić information content (AvgIpc) is 2.17. The molecule has 0 saturated carbocycles. The zero-order valence-corrected chi connectivity index (χ0v) is 7.34. The molecule has 1 aliphatic heterocycles. The van der Waals surface area contributed by atoms with Crippen LogP contribution in [-0.4, -0.2) is 12.5 Å². The minimum atomic E-state index is -0.414. The van der Waals surface area contributed by atoms with Crippen LogP contribution in [0.1, 0.15) is 5.56 Å². The average molecular weight is 196 g/mol. The van der Waals surface area contributed by atoms with Gasteiger partial charge in [0.05, 0.1) is 5.69 Å². The number of halogens is 1. The number of ether oxygens (including phenoxy) is 1. The fraction of sp³-hybridized carbons (Fsp3) is 0.222. The van der Waals surface area contributed by atoms with E-state index in [2.05, 4.69) is 5.32 Å². The quantitative estimate of drug-likeness (QED) is 0.691. The topological polar surface area (TPSA) is 64.3 Å². The van der Waals surface area contributed by atoms with Crippen molar-refractivity contribution in [3.63, 3.8) is 0 Å². The molecule has 5 heteroatoms. The van der Waals surface area contributed by atoms with Gasteiger partial charge in [-0.1, -0.05) is 0 Å². The fourth-order valence-corrected chi connectivity index (χ4v) is 1.30. The first-order chi connectivity index (χ1) is 6.70. The minimum Gasteiger partial charge on any atom is -0.481 e. The van der Waals surface area contributed by atoms with Crippen molar-refractivity contribution in [2.45, 2.75) is 6.54 Å². The van der Waals surface area contributed by atoms with E-state index in [0.29, 0.717) is 17.0 Å². The highest BCUT2D eigenvalue weighted by atomic mass is 19.1. The van der Waals surface area contributed by atoms with Gasteiger partial charge in [0.2, 0.25) is 0 Å². The lowest BCUT2D eigenvalue weighted by Crippen LogP contribution is -2.25. The van der Waals surface area contributed by atoms with Crippen molar-refractivity contribution in [2.24, 2.45) is 5.73 Å². The number of fused-ring (bicyclic) bond motifs is 1. The van der Waals surface area contributed by atoms with E-state index in [4.69, 9.17) is 10.5 Å². The Kier molecular flexibility index (Phi) is 2.09. The maximum absolute atomic E-state index is 13.2. The molecule has 3 N–H and O–H groups in total. The second-order valence-corrected chi connectivity index (χ2v) is 2.98. The van der Waals surface area contributed by atoms with E-state index in [1.807, 2.05) is 0 Å². The third-order valence-electron chi connectivity index (χ3n) is 2.00. The molecule has 0 unspecified atom stereocenters. The number of anilines is 1. The summed E-state index contributed by atoms with van der Waals surface area (Å²) in [5.41, 5.74) is 6.16. The molecule has 1 heterocycles. The Labute approximate surface area is 79.9 Å². The zero-order chi connectivity index (χ0) is 10.1. The predicted octanol–water partition coefficient (Wildman–Crippen LogP) is 0.615. The number of hydrogen-bond donors (Lipinski definition) is 2. The Bertz CT molecular complexity index is 393. The number of rotatable bonds is 1. The van der Waals surface area contributed by atoms with Gasteiger partial charge in [0.1, 0.15) is 11.6 Å². The molecule has 1 aromatic rings. The molecule has 0 radical (unpaired) electrons. The molecule has 0 aliphatic carbocycles. The summed E-state index contributed by atoms with van der Waals surface area (Å²) in [6, 6.07) is 2.72. The molecule has 0 aromatic heterocycles. The molecule has 14 heavy (non-hydrogen) atoms. The molecule has 74 valence electrons. The van der Waals surface area contributed by atoms with Gasteiger partial charge in [-0.05, 0) is 6.07 Å². The number of carbonyl (C=O) groups is 1. The van der Waals surface area contributed by atoms with Crippen LogP contribution in [0.3, 0.4) is 0 Å². The maximum Gasteiger partial charge on any atom is 0.262 e. The van der Waals surface area contributed by atoms with Gasteiger partial charge in [-0.15, -0.1) is 0 Å². The molecule has 0 saturated heterocycles. The lowest BCUT2D eigenvalue weighted by atomic mass is 10.1. The summed E-state index contributed by atoms with van der Waals surface area (Å²) >= 11 is 0. The first kappa shape index (κ1) is 8.96. The van der Waals surface area contributed by atoms with E-state index in [1.54, 1.807) is 0 Å². The maximum atomic E-state index is 13.2. The summed E-state index contributed by atoms with van der Waals surface area (Å²) in [6.07, 6.45) is 0. The van der Waals surface area contributed by atoms with Crippen LogP contribution >= 0.6 is 0 Å². The zero-order valence-electron chi connectivity index (χ0n) is 7.34. The van der Waals surface area contributed by atoms with Gasteiger partial charge in [0, 0.05) is 18.2 Å². The van der Waals surface area contributed by atoms with Gasteiger partial charge in [0.15, 0.2) is 6.61 Å². The van der Waals surface area contributed by atoms with Gasteiger partial charge < -0.3 is 15.8 Å². The van der Waals surface area contributed by atoms with Crippen molar-refractivity contribution >= 4 is 11.6 Å². The van der Waals surface area contributed by atoms with Crippen molar-refractivity contribution in [3.8, 4) is 5.75 Å². The number of hydrogen-bond acceptors (Lipinski definition) is 3. The van der Waals surface area contributed by atoms with Crippen molar-refractivity contribution < 1.29 is 13.9 Å². The van der Waals surface area contributed by atoms with Crippen LogP contribution in [0.4, 0.5) is 10.1 Å². The molecule has 0 spiro atoms. The van der Waals surface area contributed by atoms with Gasteiger partial charge in [-0.25, -0.2) is 4.39 Å². The summed E-state index contributed by atoms with van der Waals surface area (Å²) in [4.78, 5) is 10.9. The van der Waals surface area contributed by atoms with Crippen molar-refractivity contribution in [1.82, 2.24) is 0 Å². The summed E-state index contributed by atoms with van der Waals surface area (Å²) < 4.78 is 18.2. The molecule has 4 nitrogen and oxygen atoms in total. The summed E-state index contributed by atoms with van der Waals surface area (Å²) in [5, 5.41) is 2.58. The number of carbonyl (C=O) groups excluding carboxylic acids is 1.